The van der Waals surface area contributed by atoms with Crippen molar-refractivity contribution in [3.63, 3.8) is 0 Å². The average molecular weight is 372 g/mol. The molecule has 1 heterocycles. The molecule has 3 N–H and O–H groups in total. The maximum Gasteiger partial charge on any atom is 0.573 e. The molecular formula is C18H27F3N4O. The number of nitrogens with one attached hydrogen (secondary N) is 1. The Morgan fingerprint density at radius 2 is 2.08 bits per heavy atom. The fraction of sp³-hybridized carbons (Fsp3) is 0.611. The first kappa shape index (κ1) is 20.4. The number of ether oxygens (including phenoxy) is 1. The van der Waals surface area contributed by atoms with Crippen molar-refractivity contribution in [2.45, 2.75) is 45.6 Å². The van der Waals surface area contributed by atoms with Gasteiger partial charge in [-0.05, 0) is 49.9 Å². The zero-order chi connectivity index (χ0) is 19.2. The molecule has 0 saturated carbocycles. The highest BCUT2D eigenvalue weighted by atomic mass is 19.4. The Kier molecular flexibility index (Phi) is 7.14. The van der Waals surface area contributed by atoms with E-state index in [4.69, 9.17) is 5.73 Å². The highest BCUT2D eigenvalue weighted by molar-refractivity contribution is 5.77. The summed E-state index contributed by atoms with van der Waals surface area (Å²) in [5.74, 6) is 0.806. The lowest BCUT2D eigenvalue weighted by Gasteiger charge is -2.35. The molecule has 1 aliphatic rings. The second kappa shape index (κ2) is 9.12. The lowest BCUT2D eigenvalue weighted by atomic mass is 9.99. The fourth-order valence-electron chi connectivity index (χ4n) is 3.04. The summed E-state index contributed by atoms with van der Waals surface area (Å²) in [4.78, 5) is 6.68. The number of alkyl halides is 3. The van der Waals surface area contributed by atoms with Crippen molar-refractivity contribution < 1.29 is 17.9 Å². The summed E-state index contributed by atoms with van der Waals surface area (Å²) in [6, 6.07) is 5.97. The summed E-state index contributed by atoms with van der Waals surface area (Å²) in [6.45, 7) is 7.65. The van der Waals surface area contributed by atoms with Crippen LogP contribution in [0.3, 0.4) is 0 Å². The van der Waals surface area contributed by atoms with Crippen LogP contribution in [0.2, 0.25) is 0 Å². The molecular weight excluding hydrogens is 345 g/mol. The van der Waals surface area contributed by atoms with Gasteiger partial charge < -0.3 is 15.8 Å². The predicted octanol–water partition coefficient (Wildman–Crippen LogP) is 3.11. The molecule has 5 nitrogen and oxygen atoms in total. The molecule has 0 aliphatic carbocycles. The number of aliphatic imine (C=N–C) groups is 1. The lowest BCUT2D eigenvalue weighted by molar-refractivity contribution is -0.274. The Morgan fingerprint density at radius 3 is 2.69 bits per heavy atom. The lowest BCUT2D eigenvalue weighted by Crippen LogP contribution is -2.47. The number of nitrogens with zero attached hydrogens (tertiary/aromatic N) is 2. The summed E-state index contributed by atoms with van der Waals surface area (Å²) < 4.78 is 40.2. The quantitative estimate of drug-likeness (QED) is 0.595. The van der Waals surface area contributed by atoms with E-state index < -0.39 is 6.36 Å². The molecule has 2 atom stereocenters. The second-order valence-corrected chi connectivity index (χ2v) is 6.87. The minimum absolute atomic E-state index is 0.249. The van der Waals surface area contributed by atoms with Crippen molar-refractivity contribution in [3.8, 4) is 5.75 Å². The van der Waals surface area contributed by atoms with Gasteiger partial charge >= 0.3 is 6.36 Å². The normalized spacial score (nSPS) is 20.7. The Hall–Kier alpha value is -1.96. The van der Waals surface area contributed by atoms with E-state index in [2.05, 4.69) is 33.8 Å². The van der Waals surface area contributed by atoms with Crippen LogP contribution in [0.5, 0.6) is 5.75 Å². The summed E-state index contributed by atoms with van der Waals surface area (Å²) in [5.41, 5.74) is 6.64. The third-order valence-electron chi connectivity index (χ3n) is 4.48. The number of hydrogen-bond donors (Lipinski definition) is 2. The number of benzene rings is 1. The molecule has 0 bridgehead atoms. The predicted molar refractivity (Wildman–Crippen MR) is 95.9 cm³/mol. The van der Waals surface area contributed by atoms with E-state index in [9.17, 15) is 13.2 Å². The largest absolute Gasteiger partial charge is 0.573 e. The average Bonchev–Trinajstić information content (AvgIpc) is 2.57. The zero-order valence-electron chi connectivity index (χ0n) is 15.2. The smallest absolute Gasteiger partial charge is 0.406 e. The van der Waals surface area contributed by atoms with E-state index in [1.165, 1.54) is 37.1 Å². The van der Waals surface area contributed by atoms with Gasteiger partial charge in [0.1, 0.15) is 5.75 Å². The maximum atomic E-state index is 12.1. The molecule has 0 amide bonds. The van der Waals surface area contributed by atoms with E-state index >= 15 is 0 Å². The molecule has 0 spiro atoms. The first-order chi connectivity index (χ1) is 12.2. The number of halogens is 3. The zero-order valence-corrected chi connectivity index (χ0v) is 15.2. The molecule has 0 aromatic heterocycles. The first-order valence-corrected chi connectivity index (χ1v) is 8.85. The molecule has 2 rings (SSSR count). The highest BCUT2D eigenvalue weighted by Gasteiger charge is 2.30. The Bertz CT molecular complexity index is 589. The van der Waals surface area contributed by atoms with Crippen LogP contribution < -0.4 is 15.8 Å². The van der Waals surface area contributed by atoms with Crippen LogP contribution in [0, 0.1) is 5.92 Å². The van der Waals surface area contributed by atoms with E-state index in [0.29, 0.717) is 25.1 Å². The van der Waals surface area contributed by atoms with Gasteiger partial charge in [-0.1, -0.05) is 19.1 Å². The van der Waals surface area contributed by atoms with Crippen molar-refractivity contribution in [3.05, 3.63) is 29.8 Å². The monoisotopic (exact) mass is 372 g/mol. The van der Waals surface area contributed by atoms with Crippen LogP contribution in [0.1, 0.15) is 32.3 Å². The van der Waals surface area contributed by atoms with E-state index in [1.54, 1.807) is 0 Å². The van der Waals surface area contributed by atoms with Crippen LogP contribution in [-0.2, 0) is 6.54 Å². The van der Waals surface area contributed by atoms with Gasteiger partial charge in [-0.25, -0.2) is 4.99 Å². The molecule has 2 unspecified atom stereocenters. The number of rotatable bonds is 6. The van der Waals surface area contributed by atoms with Crippen LogP contribution in [-0.4, -0.2) is 42.9 Å². The molecule has 0 radical (unpaired) electrons. The summed E-state index contributed by atoms with van der Waals surface area (Å²) in [7, 11) is 0. The number of nitrogens with two attached hydrogens (primary N) is 1. The van der Waals surface area contributed by atoms with Gasteiger partial charge in [-0.15, -0.1) is 13.2 Å². The van der Waals surface area contributed by atoms with Gasteiger partial charge in [0.2, 0.25) is 0 Å². The SMILES string of the molecule is CC1CCCN(C(C)CNC(N)=NCc2ccc(OC(F)(F)F)cc2)C1. The molecule has 8 heteroatoms. The van der Waals surface area contributed by atoms with Gasteiger partial charge in [0.25, 0.3) is 0 Å². The summed E-state index contributed by atoms with van der Waals surface area (Å²) >= 11 is 0. The van der Waals surface area contributed by atoms with Gasteiger partial charge in [0, 0.05) is 19.1 Å². The molecule has 26 heavy (non-hydrogen) atoms. The molecule has 1 aromatic rings. The van der Waals surface area contributed by atoms with Crippen LogP contribution in [0.4, 0.5) is 13.2 Å². The van der Waals surface area contributed by atoms with Crippen molar-refractivity contribution in [2.24, 2.45) is 16.6 Å². The number of piperidine rings is 1. The number of hydrogen-bond acceptors (Lipinski definition) is 3. The minimum atomic E-state index is -4.68. The van der Waals surface area contributed by atoms with Crippen LogP contribution in [0.25, 0.3) is 0 Å². The van der Waals surface area contributed by atoms with E-state index in [1.807, 2.05) is 0 Å². The maximum absolute atomic E-state index is 12.1. The third-order valence-corrected chi connectivity index (χ3v) is 4.48. The van der Waals surface area contributed by atoms with E-state index in [0.717, 1.165) is 24.6 Å². The Labute approximate surface area is 152 Å². The van der Waals surface area contributed by atoms with Gasteiger partial charge in [-0.2, -0.15) is 0 Å². The van der Waals surface area contributed by atoms with Crippen LogP contribution in [0.15, 0.2) is 29.3 Å². The minimum Gasteiger partial charge on any atom is -0.406 e. The van der Waals surface area contributed by atoms with Crippen LogP contribution >= 0.6 is 0 Å². The first-order valence-electron chi connectivity index (χ1n) is 8.85. The molecule has 1 aliphatic heterocycles. The number of likely N-dealkylation sites (tertiary alicyclic amines) is 1. The molecule has 146 valence electrons. The Morgan fingerprint density at radius 1 is 1.38 bits per heavy atom. The molecule has 1 saturated heterocycles. The Balaban J connectivity index is 1.77. The topological polar surface area (TPSA) is 62.9 Å². The fourth-order valence-corrected chi connectivity index (χ4v) is 3.04. The second-order valence-electron chi connectivity index (χ2n) is 6.87. The highest BCUT2D eigenvalue weighted by Crippen LogP contribution is 2.22. The van der Waals surface area contributed by atoms with Crippen molar-refractivity contribution in [1.82, 2.24) is 10.2 Å². The summed E-state index contributed by atoms with van der Waals surface area (Å²) in [5, 5.41) is 3.12. The van der Waals surface area contributed by atoms with Gasteiger partial charge in [0.05, 0.1) is 6.54 Å². The van der Waals surface area contributed by atoms with Gasteiger partial charge in [0.15, 0.2) is 5.96 Å². The standard InChI is InChI=1S/C18H27F3N4O/c1-13-4-3-9-25(12-13)14(2)10-23-17(22)24-11-15-5-7-16(8-6-15)26-18(19,20)21/h5-8,13-14H,3-4,9-12H2,1-2H3,(H3,22,23,24). The third kappa shape index (κ3) is 7.11. The van der Waals surface area contributed by atoms with Gasteiger partial charge in [-0.3, -0.25) is 4.90 Å². The molecule has 1 aromatic carbocycles. The van der Waals surface area contributed by atoms with Crippen molar-refractivity contribution in [1.29, 1.82) is 0 Å². The number of guanidine groups is 1. The summed E-state index contributed by atoms with van der Waals surface area (Å²) in [6.07, 6.45) is -2.17. The van der Waals surface area contributed by atoms with Crippen molar-refractivity contribution >= 4 is 5.96 Å². The molecule has 1 fully saturated rings. The van der Waals surface area contributed by atoms with E-state index in [-0.39, 0.29) is 5.75 Å². The van der Waals surface area contributed by atoms with Crippen molar-refractivity contribution in [2.75, 3.05) is 19.6 Å².